The van der Waals surface area contributed by atoms with E-state index in [2.05, 4.69) is 5.32 Å². The van der Waals surface area contributed by atoms with Gasteiger partial charge in [0, 0.05) is 23.7 Å². The topological polar surface area (TPSA) is 72.5 Å². The van der Waals surface area contributed by atoms with E-state index < -0.39 is 5.97 Å². The molecular formula is C21H18FNO4S. The maximum Gasteiger partial charge on any atom is 0.348 e. The summed E-state index contributed by atoms with van der Waals surface area (Å²) in [6.45, 7) is 1.62. The van der Waals surface area contributed by atoms with Crippen molar-refractivity contribution >= 4 is 39.1 Å². The second kappa shape index (κ2) is 8.75. The Kier molecular flexibility index (Phi) is 6.16. The maximum atomic E-state index is 13.2. The van der Waals surface area contributed by atoms with E-state index in [1.807, 2.05) is 0 Å². The minimum absolute atomic E-state index is 0.0858. The molecular weight excluding hydrogens is 381 g/mol. The number of nitrogens with one attached hydrogen (secondary N) is 1. The van der Waals surface area contributed by atoms with Crippen LogP contribution in [0.4, 0.5) is 4.39 Å². The Bertz CT molecular complexity index is 1030. The Morgan fingerprint density at radius 1 is 1.07 bits per heavy atom. The molecule has 0 saturated carbocycles. The lowest BCUT2D eigenvalue weighted by atomic mass is 10.1. The summed E-state index contributed by atoms with van der Waals surface area (Å²) in [6.07, 6.45) is 0.662. The number of thiophene rings is 1. The smallest absolute Gasteiger partial charge is 0.348 e. The fraction of sp³-hybridized carbons (Fsp3) is 0.190. The van der Waals surface area contributed by atoms with Gasteiger partial charge in [0.05, 0.1) is 0 Å². The fourth-order valence-corrected chi connectivity index (χ4v) is 3.58. The van der Waals surface area contributed by atoms with Crippen LogP contribution < -0.4 is 5.32 Å². The van der Waals surface area contributed by atoms with E-state index in [-0.39, 0.29) is 24.1 Å². The molecule has 2 aromatic carbocycles. The van der Waals surface area contributed by atoms with Crippen LogP contribution in [0, 0.1) is 5.82 Å². The van der Waals surface area contributed by atoms with Crippen molar-refractivity contribution in [2.75, 3.05) is 13.2 Å². The number of hydrogen-bond acceptors (Lipinski definition) is 5. The molecule has 0 fully saturated rings. The molecule has 0 bridgehead atoms. The number of rotatable bonds is 7. The van der Waals surface area contributed by atoms with Gasteiger partial charge in [0.2, 0.25) is 5.91 Å². The third-order valence-corrected chi connectivity index (χ3v) is 5.17. The normalized spacial score (nSPS) is 10.6. The van der Waals surface area contributed by atoms with Crippen molar-refractivity contribution in [2.45, 2.75) is 13.3 Å². The van der Waals surface area contributed by atoms with Gasteiger partial charge in [-0.1, -0.05) is 24.3 Å². The molecule has 0 aliphatic carbocycles. The molecule has 0 atom stereocenters. The predicted octanol–water partition coefficient (Wildman–Crippen LogP) is 3.76. The van der Waals surface area contributed by atoms with E-state index in [9.17, 15) is 18.8 Å². The van der Waals surface area contributed by atoms with Gasteiger partial charge in [0.15, 0.2) is 12.4 Å². The molecule has 0 aliphatic rings. The van der Waals surface area contributed by atoms with Gasteiger partial charge >= 0.3 is 5.97 Å². The maximum absolute atomic E-state index is 13.2. The van der Waals surface area contributed by atoms with Gasteiger partial charge in [-0.05, 0) is 41.6 Å². The number of fused-ring (bicyclic) bond motifs is 1. The molecule has 7 heteroatoms. The highest BCUT2D eigenvalue weighted by atomic mass is 32.1. The van der Waals surface area contributed by atoms with Crippen LogP contribution in [0.25, 0.3) is 10.1 Å². The monoisotopic (exact) mass is 399 g/mol. The highest BCUT2D eigenvalue weighted by Crippen LogP contribution is 2.26. The van der Waals surface area contributed by atoms with Crippen LogP contribution in [0.5, 0.6) is 0 Å². The lowest BCUT2D eigenvalue weighted by Gasteiger charge is -2.05. The van der Waals surface area contributed by atoms with Crippen molar-refractivity contribution in [1.82, 2.24) is 5.32 Å². The van der Waals surface area contributed by atoms with Crippen molar-refractivity contribution in [3.63, 3.8) is 0 Å². The van der Waals surface area contributed by atoms with Crippen molar-refractivity contribution in [2.24, 2.45) is 0 Å². The number of ketones is 1. The Morgan fingerprint density at radius 3 is 2.54 bits per heavy atom. The molecule has 0 spiro atoms. The zero-order valence-corrected chi connectivity index (χ0v) is 16.0. The zero-order chi connectivity index (χ0) is 20.1. The Hall–Kier alpha value is -3.06. The standard InChI is InChI=1S/C21H18FNO4S/c1-13(24)23-9-8-14-2-4-15(5-3-14)18(25)12-27-21(26)20-11-16-10-17(22)6-7-19(16)28-20/h2-7,10-11H,8-9,12H2,1H3,(H,23,24). The third kappa shape index (κ3) is 5.01. The van der Waals surface area contributed by atoms with Crippen molar-refractivity contribution in [3.8, 4) is 0 Å². The van der Waals surface area contributed by atoms with E-state index in [0.717, 1.165) is 10.3 Å². The number of ether oxygens (including phenoxy) is 1. The van der Waals surface area contributed by atoms with Gasteiger partial charge in [-0.25, -0.2) is 9.18 Å². The van der Waals surface area contributed by atoms with Crippen LogP contribution in [0.3, 0.4) is 0 Å². The van der Waals surface area contributed by atoms with Gasteiger partial charge in [0.25, 0.3) is 0 Å². The van der Waals surface area contributed by atoms with Crippen LogP contribution >= 0.6 is 11.3 Å². The lowest BCUT2D eigenvalue weighted by Crippen LogP contribution is -2.22. The largest absolute Gasteiger partial charge is 0.453 e. The zero-order valence-electron chi connectivity index (χ0n) is 15.2. The average Bonchev–Trinajstić information content (AvgIpc) is 3.09. The summed E-state index contributed by atoms with van der Waals surface area (Å²) in [7, 11) is 0. The van der Waals surface area contributed by atoms with E-state index in [1.165, 1.54) is 30.4 Å². The van der Waals surface area contributed by atoms with Crippen molar-refractivity contribution in [1.29, 1.82) is 0 Å². The molecule has 3 aromatic rings. The first-order valence-electron chi connectivity index (χ1n) is 8.65. The molecule has 0 radical (unpaired) electrons. The molecule has 1 heterocycles. The average molecular weight is 399 g/mol. The van der Waals surface area contributed by atoms with Gasteiger partial charge < -0.3 is 10.1 Å². The minimum atomic E-state index is -0.609. The van der Waals surface area contributed by atoms with Gasteiger partial charge in [-0.15, -0.1) is 11.3 Å². The Labute approximate surface area is 165 Å². The van der Waals surface area contributed by atoms with Gasteiger partial charge in [0.1, 0.15) is 10.7 Å². The Balaban J connectivity index is 1.55. The highest BCUT2D eigenvalue weighted by Gasteiger charge is 2.15. The SMILES string of the molecule is CC(=O)NCCc1ccc(C(=O)COC(=O)c2cc3cc(F)ccc3s2)cc1. The number of carbonyl (C=O) groups excluding carboxylic acids is 3. The summed E-state index contributed by atoms with van der Waals surface area (Å²) in [6, 6.07) is 12.8. The molecule has 144 valence electrons. The first kappa shape index (κ1) is 19.7. The number of esters is 1. The quantitative estimate of drug-likeness (QED) is 0.485. The summed E-state index contributed by atoms with van der Waals surface area (Å²) in [4.78, 5) is 35.6. The van der Waals surface area contributed by atoms with E-state index in [0.29, 0.717) is 28.8 Å². The predicted molar refractivity (Wildman–Crippen MR) is 105 cm³/mol. The third-order valence-electron chi connectivity index (χ3n) is 4.08. The molecule has 3 rings (SSSR count). The minimum Gasteiger partial charge on any atom is -0.453 e. The van der Waals surface area contributed by atoms with Crippen molar-refractivity contribution < 1.29 is 23.5 Å². The van der Waals surface area contributed by atoms with Gasteiger partial charge in [-0.2, -0.15) is 0 Å². The number of carbonyl (C=O) groups is 3. The molecule has 1 amide bonds. The van der Waals surface area contributed by atoms with Crippen LogP contribution in [-0.4, -0.2) is 30.8 Å². The molecule has 0 aliphatic heterocycles. The summed E-state index contributed by atoms with van der Waals surface area (Å²) in [5, 5.41) is 3.33. The number of halogens is 1. The first-order chi connectivity index (χ1) is 13.4. The fourth-order valence-electron chi connectivity index (χ4n) is 2.64. The lowest BCUT2D eigenvalue weighted by molar-refractivity contribution is -0.118. The number of benzene rings is 2. The second-order valence-electron chi connectivity index (χ2n) is 6.22. The summed E-state index contributed by atoms with van der Waals surface area (Å²) < 4.78 is 19.1. The number of amides is 1. The second-order valence-corrected chi connectivity index (χ2v) is 7.31. The number of hydrogen-bond donors (Lipinski definition) is 1. The molecule has 1 N–H and O–H groups in total. The molecule has 0 unspecified atom stereocenters. The van der Waals surface area contributed by atoms with Crippen LogP contribution in [-0.2, 0) is 16.0 Å². The molecule has 0 saturated heterocycles. The molecule has 5 nitrogen and oxygen atoms in total. The summed E-state index contributed by atoms with van der Waals surface area (Å²) in [5.74, 6) is -1.38. The van der Waals surface area contributed by atoms with E-state index in [1.54, 1.807) is 36.4 Å². The number of Topliss-reactive ketones (excluding diaryl/α,β-unsaturated/α-hetero) is 1. The summed E-state index contributed by atoms with van der Waals surface area (Å²) >= 11 is 1.19. The Morgan fingerprint density at radius 2 is 1.82 bits per heavy atom. The highest BCUT2D eigenvalue weighted by molar-refractivity contribution is 7.20. The van der Waals surface area contributed by atoms with E-state index in [4.69, 9.17) is 4.74 Å². The molecule has 1 aromatic heterocycles. The van der Waals surface area contributed by atoms with Crippen LogP contribution in [0.1, 0.15) is 32.5 Å². The van der Waals surface area contributed by atoms with Crippen molar-refractivity contribution in [3.05, 3.63) is 70.4 Å². The van der Waals surface area contributed by atoms with Crippen LogP contribution in [0.2, 0.25) is 0 Å². The van der Waals surface area contributed by atoms with Gasteiger partial charge in [-0.3, -0.25) is 9.59 Å². The summed E-state index contributed by atoms with van der Waals surface area (Å²) in [5.41, 5.74) is 1.43. The first-order valence-corrected chi connectivity index (χ1v) is 9.47. The van der Waals surface area contributed by atoms with Crippen LogP contribution in [0.15, 0.2) is 48.5 Å². The molecule has 28 heavy (non-hydrogen) atoms. The van der Waals surface area contributed by atoms with E-state index >= 15 is 0 Å².